The highest BCUT2D eigenvalue weighted by molar-refractivity contribution is 5.72. The standard InChI is InChI=1S/C27H37NO5/c1-26(2,3)32-23(29)17-22(25(31)28-18-24(30)33-27(4,5)6)16-19-12-14-21(15-13-19)20-10-8-7-9-11-20/h7-15,22,25,28,31H,16-18H2,1-6H3. The summed E-state index contributed by atoms with van der Waals surface area (Å²) in [5.74, 6) is -1.35. The van der Waals surface area contributed by atoms with Gasteiger partial charge < -0.3 is 14.6 Å². The van der Waals surface area contributed by atoms with Crippen molar-refractivity contribution in [2.24, 2.45) is 5.92 Å². The first-order valence-corrected chi connectivity index (χ1v) is 11.3. The molecule has 6 heteroatoms. The van der Waals surface area contributed by atoms with Gasteiger partial charge in [0.05, 0.1) is 13.0 Å². The number of rotatable bonds is 9. The summed E-state index contributed by atoms with van der Waals surface area (Å²) < 4.78 is 10.7. The third-order valence-electron chi connectivity index (χ3n) is 4.73. The molecule has 0 bridgehead atoms. The summed E-state index contributed by atoms with van der Waals surface area (Å²) in [6, 6.07) is 18.1. The average Bonchev–Trinajstić information content (AvgIpc) is 2.70. The highest BCUT2D eigenvalue weighted by atomic mass is 16.6. The van der Waals surface area contributed by atoms with Gasteiger partial charge in [0, 0.05) is 5.92 Å². The van der Waals surface area contributed by atoms with E-state index in [1.54, 1.807) is 41.5 Å². The summed E-state index contributed by atoms with van der Waals surface area (Å²) in [5.41, 5.74) is 1.95. The van der Waals surface area contributed by atoms with E-state index < -0.39 is 35.3 Å². The van der Waals surface area contributed by atoms with E-state index in [-0.39, 0.29) is 13.0 Å². The van der Waals surface area contributed by atoms with Gasteiger partial charge in [0.15, 0.2) is 0 Å². The first kappa shape index (κ1) is 26.6. The molecule has 0 saturated carbocycles. The van der Waals surface area contributed by atoms with E-state index in [0.29, 0.717) is 6.42 Å². The number of aliphatic hydroxyl groups is 1. The molecule has 2 aromatic rings. The number of nitrogens with one attached hydrogen (secondary N) is 1. The zero-order valence-corrected chi connectivity index (χ0v) is 20.6. The Balaban J connectivity index is 2.09. The topological polar surface area (TPSA) is 84.9 Å². The van der Waals surface area contributed by atoms with Crippen LogP contribution in [0.3, 0.4) is 0 Å². The molecule has 0 aromatic heterocycles. The first-order valence-electron chi connectivity index (χ1n) is 11.3. The quantitative estimate of drug-likeness (QED) is 0.428. The van der Waals surface area contributed by atoms with Gasteiger partial charge in [-0.1, -0.05) is 54.6 Å². The van der Waals surface area contributed by atoms with Gasteiger partial charge in [0.25, 0.3) is 0 Å². The predicted octanol–water partition coefficient (Wildman–Crippen LogP) is 4.49. The number of ether oxygens (including phenoxy) is 2. The summed E-state index contributed by atoms with van der Waals surface area (Å²) in [7, 11) is 0. The first-order chi connectivity index (χ1) is 15.3. The van der Waals surface area contributed by atoms with Crippen LogP contribution in [0.1, 0.15) is 53.5 Å². The lowest BCUT2D eigenvalue weighted by Gasteiger charge is -2.26. The molecule has 0 aliphatic rings. The molecule has 2 aromatic carbocycles. The Kier molecular flexibility index (Phi) is 9.20. The fourth-order valence-electron chi connectivity index (χ4n) is 3.39. The van der Waals surface area contributed by atoms with Crippen molar-refractivity contribution in [2.75, 3.05) is 6.54 Å². The molecule has 33 heavy (non-hydrogen) atoms. The summed E-state index contributed by atoms with van der Waals surface area (Å²) >= 11 is 0. The minimum Gasteiger partial charge on any atom is -0.460 e. The van der Waals surface area contributed by atoms with Crippen molar-refractivity contribution in [3.05, 3.63) is 60.2 Å². The second kappa shape index (κ2) is 11.4. The van der Waals surface area contributed by atoms with Crippen LogP contribution >= 0.6 is 0 Å². The number of esters is 2. The second-order valence-corrected chi connectivity index (χ2v) is 10.2. The van der Waals surface area contributed by atoms with E-state index in [1.165, 1.54) is 0 Å². The molecule has 6 nitrogen and oxygen atoms in total. The van der Waals surface area contributed by atoms with Crippen LogP contribution in [0.15, 0.2) is 54.6 Å². The number of carbonyl (C=O) groups is 2. The molecule has 2 unspecified atom stereocenters. The van der Waals surface area contributed by atoms with Crippen molar-refractivity contribution in [1.82, 2.24) is 5.32 Å². The van der Waals surface area contributed by atoms with Crippen LogP contribution in [0.2, 0.25) is 0 Å². The van der Waals surface area contributed by atoms with Gasteiger partial charge in [-0.25, -0.2) is 0 Å². The summed E-state index contributed by atoms with van der Waals surface area (Å²) in [4.78, 5) is 24.5. The molecular weight excluding hydrogens is 418 g/mol. The molecule has 2 atom stereocenters. The van der Waals surface area contributed by atoms with Crippen LogP contribution in [-0.4, -0.2) is 41.0 Å². The Bertz CT molecular complexity index is 895. The fourth-order valence-corrected chi connectivity index (χ4v) is 3.39. The van der Waals surface area contributed by atoms with E-state index in [4.69, 9.17) is 9.47 Å². The maximum atomic E-state index is 12.5. The van der Waals surface area contributed by atoms with Crippen LogP contribution in [0.4, 0.5) is 0 Å². The summed E-state index contributed by atoms with van der Waals surface area (Å²) in [6.07, 6.45) is -0.629. The van der Waals surface area contributed by atoms with Crippen LogP contribution in [0.25, 0.3) is 11.1 Å². The second-order valence-electron chi connectivity index (χ2n) is 10.2. The molecule has 0 saturated heterocycles. The number of hydrogen-bond acceptors (Lipinski definition) is 6. The monoisotopic (exact) mass is 455 g/mol. The van der Waals surface area contributed by atoms with E-state index in [2.05, 4.69) is 5.32 Å². The zero-order valence-electron chi connectivity index (χ0n) is 20.6. The van der Waals surface area contributed by atoms with Crippen LogP contribution in [-0.2, 0) is 25.5 Å². The fraction of sp³-hybridized carbons (Fsp3) is 0.481. The minimum atomic E-state index is -1.08. The molecule has 2 rings (SSSR count). The maximum absolute atomic E-state index is 12.5. The van der Waals surface area contributed by atoms with Gasteiger partial charge >= 0.3 is 11.9 Å². The largest absolute Gasteiger partial charge is 0.460 e. The lowest BCUT2D eigenvalue weighted by Crippen LogP contribution is -2.43. The number of aliphatic hydroxyl groups excluding tert-OH is 1. The third kappa shape index (κ3) is 10.2. The van der Waals surface area contributed by atoms with E-state index in [0.717, 1.165) is 16.7 Å². The number of carbonyl (C=O) groups excluding carboxylic acids is 2. The molecule has 0 fully saturated rings. The number of benzene rings is 2. The van der Waals surface area contributed by atoms with Crippen molar-refractivity contribution in [3.8, 4) is 11.1 Å². The molecule has 2 N–H and O–H groups in total. The van der Waals surface area contributed by atoms with Crippen LogP contribution < -0.4 is 5.32 Å². The predicted molar refractivity (Wildman–Crippen MR) is 129 cm³/mol. The van der Waals surface area contributed by atoms with Gasteiger partial charge in [0.2, 0.25) is 0 Å². The molecule has 0 spiro atoms. The van der Waals surface area contributed by atoms with Gasteiger partial charge in [0.1, 0.15) is 17.4 Å². The minimum absolute atomic E-state index is 0.0141. The lowest BCUT2D eigenvalue weighted by molar-refractivity contribution is -0.157. The third-order valence-corrected chi connectivity index (χ3v) is 4.73. The average molecular weight is 456 g/mol. The van der Waals surface area contributed by atoms with Gasteiger partial charge in [-0.2, -0.15) is 0 Å². The molecule has 0 radical (unpaired) electrons. The normalized spacial score (nSPS) is 13.8. The SMILES string of the molecule is CC(C)(C)OC(=O)CNC(O)C(CC(=O)OC(C)(C)C)Cc1ccc(-c2ccccc2)cc1. The Hall–Kier alpha value is -2.70. The van der Waals surface area contributed by atoms with Gasteiger partial charge in [-0.3, -0.25) is 14.9 Å². The Morgan fingerprint density at radius 3 is 1.88 bits per heavy atom. The summed E-state index contributed by atoms with van der Waals surface area (Å²) in [6.45, 7) is 10.6. The summed E-state index contributed by atoms with van der Waals surface area (Å²) in [5, 5.41) is 13.6. The molecule has 0 aliphatic heterocycles. The van der Waals surface area contributed by atoms with Crippen molar-refractivity contribution in [1.29, 1.82) is 0 Å². The van der Waals surface area contributed by atoms with Gasteiger partial charge in [-0.05, 0) is 64.7 Å². The van der Waals surface area contributed by atoms with Crippen molar-refractivity contribution < 1.29 is 24.2 Å². The molecular formula is C27H37NO5. The Labute approximate surface area is 197 Å². The molecule has 0 aliphatic carbocycles. The van der Waals surface area contributed by atoms with Crippen LogP contribution in [0, 0.1) is 5.92 Å². The van der Waals surface area contributed by atoms with E-state index in [1.807, 2.05) is 54.6 Å². The van der Waals surface area contributed by atoms with E-state index >= 15 is 0 Å². The maximum Gasteiger partial charge on any atom is 0.320 e. The van der Waals surface area contributed by atoms with Gasteiger partial charge in [-0.15, -0.1) is 0 Å². The Morgan fingerprint density at radius 2 is 1.33 bits per heavy atom. The number of hydrogen-bond donors (Lipinski definition) is 2. The van der Waals surface area contributed by atoms with E-state index in [9.17, 15) is 14.7 Å². The van der Waals surface area contributed by atoms with Crippen LogP contribution in [0.5, 0.6) is 0 Å². The van der Waals surface area contributed by atoms with Crippen molar-refractivity contribution >= 4 is 11.9 Å². The van der Waals surface area contributed by atoms with Crippen molar-refractivity contribution in [3.63, 3.8) is 0 Å². The smallest absolute Gasteiger partial charge is 0.320 e. The molecule has 0 amide bonds. The Morgan fingerprint density at radius 1 is 0.818 bits per heavy atom. The molecule has 0 heterocycles. The molecule has 180 valence electrons. The van der Waals surface area contributed by atoms with Crippen molar-refractivity contribution in [2.45, 2.75) is 71.8 Å². The highest BCUT2D eigenvalue weighted by Gasteiger charge is 2.27. The zero-order chi connectivity index (χ0) is 24.6. The lowest BCUT2D eigenvalue weighted by atomic mass is 9.93. The highest BCUT2D eigenvalue weighted by Crippen LogP contribution is 2.23.